The molecule has 9 heteroatoms. The van der Waals surface area contributed by atoms with Gasteiger partial charge in [-0.1, -0.05) is 11.6 Å². The maximum Gasteiger partial charge on any atom is 0.325 e. The Labute approximate surface area is 126 Å². The van der Waals surface area contributed by atoms with E-state index in [1.54, 1.807) is 11.8 Å². The summed E-state index contributed by atoms with van der Waals surface area (Å²) in [4.78, 5) is 22.4. The van der Waals surface area contributed by atoms with Gasteiger partial charge < -0.3 is 15.7 Å². The number of aromatic nitrogens is 3. The molecule has 116 valence electrons. The van der Waals surface area contributed by atoms with Crippen LogP contribution in [-0.4, -0.2) is 49.6 Å². The molecule has 2 atom stereocenters. The molecule has 2 unspecified atom stereocenters. The molecule has 1 aliphatic carbocycles. The minimum atomic E-state index is -0.985. The van der Waals surface area contributed by atoms with Crippen LogP contribution >= 0.6 is 11.8 Å². The van der Waals surface area contributed by atoms with Crippen LogP contribution in [0.15, 0.2) is 6.20 Å². The van der Waals surface area contributed by atoms with Crippen molar-refractivity contribution in [1.29, 1.82) is 0 Å². The molecule has 0 bridgehead atoms. The number of hydrogen-bond donors (Lipinski definition) is 3. The summed E-state index contributed by atoms with van der Waals surface area (Å²) in [5.74, 6) is -0.985. The highest BCUT2D eigenvalue weighted by molar-refractivity contribution is 7.99. The van der Waals surface area contributed by atoms with Crippen LogP contribution < -0.4 is 10.6 Å². The van der Waals surface area contributed by atoms with Crippen LogP contribution in [-0.2, 0) is 17.9 Å². The summed E-state index contributed by atoms with van der Waals surface area (Å²) in [6.07, 6.45) is 6.85. The molecule has 3 N–H and O–H groups in total. The van der Waals surface area contributed by atoms with Gasteiger partial charge in [0, 0.05) is 11.3 Å². The highest BCUT2D eigenvalue weighted by atomic mass is 32.2. The summed E-state index contributed by atoms with van der Waals surface area (Å²) in [5.41, 5.74) is 0.527. The van der Waals surface area contributed by atoms with Gasteiger partial charge in [0.15, 0.2) is 0 Å². The standard InChI is InChI=1S/C12H19N5O3S/c1-21-10-4-2-3-9(10)14-12(20)13-5-8-6-17(16-15-8)7-11(18)19/h6,9-10H,2-5,7H2,1H3,(H,18,19)(H2,13,14,20). The minimum Gasteiger partial charge on any atom is -0.480 e. The number of aliphatic carboxylic acids is 1. The summed E-state index contributed by atoms with van der Waals surface area (Å²) in [5, 5.41) is 22.3. The molecular weight excluding hydrogens is 294 g/mol. The van der Waals surface area contributed by atoms with Gasteiger partial charge in [0.2, 0.25) is 0 Å². The molecule has 0 spiro atoms. The molecule has 1 fully saturated rings. The Balaban J connectivity index is 1.76. The number of carbonyl (C=O) groups excluding carboxylic acids is 1. The molecule has 8 nitrogen and oxygen atoms in total. The Morgan fingerprint density at radius 2 is 2.33 bits per heavy atom. The lowest BCUT2D eigenvalue weighted by Gasteiger charge is -2.19. The first-order valence-electron chi connectivity index (χ1n) is 6.76. The molecular formula is C12H19N5O3S. The highest BCUT2D eigenvalue weighted by Crippen LogP contribution is 2.28. The van der Waals surface area contributed by atoms with E-state index in [-0.39, 0.29) is 25.2 Å². The zero-order valence-corrected chi connectivity index (χ0v) is 12.6. The molecule has 1 heterocycles. The van der Waals surface area contributed by atoms with Crippen molar-refractivity contribution in [2.24, 2.45) is 0 Å². The summed E-state index contributed by atoms with van der Waals surface area (Å²) in [7, 11) is 0. The summed E-state index contributed by atoms with van der Waals surface area (Å²) in [6.45, 7) is -0.0151. The van der Waals surface area contributed by atoms with E-state index < -0.39 is 5.97 Å². The number of hydrogen-bond acceptors (Lipinski definition) is 5. The Morgan fingerprint density at radius 3 is 3.05 bits per heavy atom. The Hall–Kier alpha value is -1.77. The van der Waals surface area contributed by atoms with Gasteiger partial charge in [-0.25, -0.2) is 9.48 Å². The zero-order chi connectivity index (χ0) is 15.2. The van der Waals surface area contributed by atoms with Crippen LogP contribution in [0.3, 0.4) is 0 Å². The van der Waals surface area contributed by atoms with Crippen molar-refractivity contribution < 1.29 is 14.7 Å². The van der Waals surface area contributed by atoms with Crippen molar-refractivity contribution in [2.45, 2.75) is 43.6 Å². The minimum absolute atomic E-state index is 0.211. The number of carboxylic acids is 1. The van der Waals surface area contributed by atoms with E-state index in [2.05, 4.69) is 27.2 Å². The van der Waals surface area contributed by atoms with Crippen molar-refractivity contribution >= 4 is 23.8 Å². The third-order valence-electron chi connectivity index (χ3n) is 3.39. The van der Waals surface area contributed by atoms with E-state index >= 15 is 0 Å². The predicted molar refractivity (Wildman–Crippen MR) is 78.0 cm³/mol. The van der Waals surface area contributed by atoms with Crippen molar-refractivity contribution in [3.63, 3.8) is 0 Å². The number of rotatable bonds is 6. The number of thioether (sulfide) groups is 1. The topological polar surface area (TPSA) is 109 Å². The van der Waals surface area contributed by atoms with Gasteiger partial charge in [-0.2, -0.15) is 11.8 Å². The van der Waals surface area contributed by atoms with Crippen LogP contribution in [0, 0.1) is 0 Å². The van der Waals surface area contributed by atoms with Crippen molar-refractivity contribution in [3.8, 4) is 0 Å². The van der Waals surface area contributed by atoms with Gasteiger partial charge in [-0.15, -0.1) is 5.10 Å². The van der Waals surface area contributed by atoms with Gasteiger partial charge in [0.05, 0.1) is 12.7 Å². The zero-order valence-electron chi connectivity index (χ0n) is 11.8. The van der Waals surface area contributed by atoms with Gasteiger partial charge in [-0.3, -0.25) is 4.79 Å². The summed E-state index contributed by atoms with van der Waals surface area (Å²) < 4.78 is 1.22. The Bertz CT molecular complexity index is 507. The fourth-order valence-corrected chi connectivity index (χ4v) is 3.33. The number of carboxylic acid groups (broad SMARTS) is 1. The molecule has 21 heavy (non-hydrogen) atoms. The fraction of sp³-hybridized carbons (Fsp3) is 0.667. The normalized spacial score (nSPS) is 21.2. The van der Waals surface area contributed by atoms with Gasteiger partial charge in [0.25, 0.3) is 0 Å². The second kappa shape index (κ2) is 7.30. The Kier molecular flexibility index (Phi) is 5.43. The first-order valence-corrected chi connectivity index (χ1v) is 8.05. The Morgan fingerprint density at radius 1 is 1.52 bits per heavy atom. The molecule has 0 radical (unpaired) electrons. The van der Waals surface area contributed by atoms with E-state index in [0.717, 1.165) is 19.3 Å². The number of nitrogens with zero attached hydrogens (tertiary/aromatic N) is 3. The third kappa shape index (κ3) is 4.62. The van der Waals surface area contributed by atoms with Crippen LogP contribution in [0.25, 0.3) is 0 Å². The molecule has 1 saturated carbocycles. The SMILES string of the molecule is CSC1CCCC1NC(=O)NCc1cn(CC(=O)O)nn1. The van der Waals surface area contributed by atoms with E-state index in [1.807, 2.05) is 0 Å². The van der Waals surface area contributed by atoms with Crippen LogP contribution in [0.5, 0.6) is 0 Å². The van der Waals surface area contributed by atoms with E-state index in [4.69, 9.17) is 5.11 Å². The molecule has 2 rings (SSSR count). The van der Waals surface area contributed by atoms with Crippen LogP contribution in [0.1, 0.15) is 25.0 Å². The second-order valence-electron chi connectivity index (χ2n) is 4.94. The molecule has 0 aromatic carbocycles. The monoisotopic (exact) mass is 313 g/mol. The van der Waals surface area contributed by atoms with Gasteiger partial charge in [0.1, 0.15) is 12.2 Å². The van der Waals surface area contributed by atoms with Crippen LogP contribution in [0.4, 0.5) is 4.79 Å². The number of amides is 2. The maximum absolute atomic E-state index is 11.8. The molecule has 0 aliphatic heterocycles. The fourth-order valence-electron chi connectivity index (χ4n) is 2.40. The van der Waals surface area contributed by atoms with Crippen molar-refractivity contribution in [2.75, 3.05) is 6.26 Å². The van der Waals surface area contributed by atoms with Crippen molar-refractivity contribution in [3.05, 3.63) is 11.9 Å². The lowest BCUT2D eigenvalue weighted by molar-refractivity contribution is -0.137. The van der Waals surface area contributed by atoms with Crippen molar-refractivity contribution in [1.82, 2.24) is 25.6 Å². The summed E-state index contributed by atoms with van der Waals surface area (Å²) in [6, 6.07) is -0.0172. The lowest BCUT2D eigenvalue weighted by Crippen LogP contribution is -2.44. The average Bonchev–Trinajstić information content (AvgIpc) is 3.05. The maximum atomic E-state index is 11.8. The smallest absolute Gasteiger partial charge is 0.325 e. The molecule has 0 saturated heterocycles. The van der Waals surface area contributed by atoms with Gasteiger partial charge in [-0.05, 0) is 19.1 Å². The van der Waals surface area contributed by atoms with Crippen LogP contribution in [0.2, 0.25) is 0 Å². The molecule has 1 aromatic rings. The van der Waals surface area contributed by atoms with Gasteiger partial charge >= 0.3 is 12.0 Å². The summed E-state index contributed by atoms with van der Waals surface area (Å²) >= 11 is 1.78. The number of carbonyl (C=O) groups is 2. The molecule has 1 aromatic heterocycles. The lowest BCUT2D eigenvalue weighted by atomic mass is 10.2. The van der Waals surface area contributed by atoms with E-state index in [1.165, 1.54) is 10.9 Å². The predicted octanol–water partition coefficient (Wildman–Crippen LogP) is 0.446. The molecule has 1 aliphatic rings. The first-order chi connectivity index (χ1) is 10.1. The van der Waals surface area contributed by atoms with E-state index in [9.17, 15) is 9.59 Å². The third-order valence-corrected chi connectivity index (χ3v) is 4.55. The average molecular weight is 313 g/mol. The number of urea groups is 1. The second-order valence-corrected chi connectivity index (χ2v) is 6.02. The van der Waals surface area contributed by atoms with E-state index in [0.29, 0.717) is 10.9 Å². The number of nitrogens with one attached hydrogen (secondary N) is 2. The molecule has 2 amide bonds. The highest BCUT2D eigenvalue weighted by Gasteiger charge is 2.27. The largest absolute Gasteiger partial charge is 0.480 e. The first kappa shape index (κ1) is 15.6. The quantitative estimate of drug-likeness (QED) is 0.703.